The zero-order valence-corrected chi connectivity index (χ0v) is 23.1. The van der Waals surface area contributed by atoms with Gasteiger partial charge in [0.2, 0.25) is 5.75 Å². The van der Waals surface area contributed by atoms with Gasteiger partial charge in [-0.25, -0.2) is 17.6 Å². The molecule has 11 heteroatoms. The third-order valence-electron chi connectivity index (χ3n) is 9.03. The number of nitrogens with zero attached hydrogens (tertiary/aromatic N) is 2. The Balaban J connectivity index is 1.48. The van der Waals surface area contributed by atoms with Crippen LogP contribution in [0.5, 0.6) is 11.5 Å². The number of halogens is 4. The van der Waals surface area contributed by atoms with Crippen LogP contribution >= 0.6 is 0 Å². The molecule has 2 fully saturated rings. The molecule has 2 aromatic carbocycles. The van der Waals surface area contributed by atoms with E-state index in [4.69, 9.17) is 4.74 Å². The van der Waals surface area contributed by atoms with E-state index in [-0.39, 0.29) is 11.5 Å². The second-order valence-electron chi connectivity index (χ2n) is 11.4. The second-order valence-corrected chi connectivity index (χ2v) is 11.4. The van der Waals surface area contributed by atoms with E-state index < -0.39 is 56.3 Å². The Kier molecular flexibility index (Phi) is 10.2. The van der Waals surface area contributed by atoms with E-state index in [1.807, 2.05) is 0 Å². The molecule has 0 saturated heterocycles. The summed E-state index contributed by atoms with van der Waals surface area (Å²) in [6, 6.07) is 3.63. The number of ether oxygens (including phenoxy) is 1. The maximum Gasteiger partial charge on any atom is 0.327 e. The first-order chi connectivity index (χ1) is 19.6. The van der Waals surface area contributed by atoms with Crippen LogP contribution in [0.15, 0.2) is 24.3 Å². The number of nitro groups is 2. The SMILES string of the molecule is CCCCCC1CCC(C2CCC(c3ccc(F)c(Oc4ccc([N+](=O)[O-])c(C(F)F)c4[N+](=O)[O-])c3F)CC2)CC1. The number of hydrogen-bond donors (Lipinski definition) is 0. The minimum atomic E-state index is -3.59. The zero-order chi connectivity index (χ0) is 29.7. The number of alkyl halides is 2. The van der Waals surface area contributed by atoms with E-state index in [9.17, 15) is 33.4 Å². The van der Waals surface area contributed by atoms with Crippen LogP contribution in [-0.2, 0) is 0 Å². The zero-order valence-electron chi connectivity index (χ0n) is 23.1. The molecule has 2 saturated carbocycles. The van der Waals surface area contributed by atoms with Gasteiger partial charge in [-0.3, -0.25) is 20.2 Å². The van der Waals surface area contributed by atoms with Gasteiger partial charge in [0.05, 0.1) is 9.85 Å². The van der Waals surface area contributed by atoms with Gasteiger partial charge < -0.3 is 4.74 Å². The molecule has 0 atom stereocenters. The highest BCUT2D eigenvalue weighted by Crippen LogP contribution is 2.48. The van der Waals surface area contributed by atoms with Crippen LogP contribution in [0.4, 0.5) is 28.9 Å². The fourth-order valence-corrected chi connectivity index (χ4v) is 6.82. The smallest absolute Gasteiger partial charge is 0.327 e. The Hall–Kier alpha value is -3.24. The first-order valence-electron chi connectivity index (χ1n) is 14.5. The van der Waals surface area contributed by atoms with E-state index in [1.165, 1.54) is 57.4 Å². The normalized spacial score (nSPS) is 23.0. The molecule has 224 valence electrons. The predicted octanol–water partition coefficient (Wildman–Crippen LogP) is 10.2. The molecular formula is C30H36F4N2O5. The van der Waals surface area contributed by atoms with Gasteiger partial charge in [0.25, 0.3) is 12.1 Å². The highest BCUT2D eigenvalue weighted by Gasteiger charge is 2.37. The summed E-state index contributed by atoms with van der Waals surface area (Å²) < 4.78 is 62.8. The summed E-state index contributed by atoms with van der Waals surface area (Å²) in [5, 5.41) is 22.8. The van der Waals surface area contributed by atoms with Crippen molar-refractivity contribution in [1.29, 1.82) is 0 Å². The van der Waals surface area contributed by atoms with Crippen molar-refractivity contribution >= 4 is 11.4 Å². The number of unbranched alkanes of at least 4 members (excludes halogenated alkanes) is 2. The van der Waals surface area contributed by atoms with Crippen molar-refractivity contribution in [2.75, 3.05) is 0 Å². The van der Waals surface area contributed by atoms with E-state index >= 15 is 4.39 Å². The molecule has 41 heavy (non-hydrogen) atoms. The van der Waals surface area contributed by atoms with Crippen LogP contribution in [0.1, 0.15) is 107 Å². The summed E-state index contributed by atoms with van der Waals surface area (Å²) in [6.45, 7) is 2.22. The van der Waals surface area contributed by atoms with Crippen molar-refractivity contribution in [3.63, 3.8) is 0 Å². The van der Waals surface area contributed by atoms with E-state index in [0.717, 1.165) is 24.8 Å². The Morgan fingerprint density at radius 1 is 0.878 bits per heavy atom. The van der Waals surface area contributed by atoms with Crippen LogP contribution in [-0.4, -0.2) is 9.85 Å². The van der Waals surface area contributed by atoms with Gasteiger partial charge in [-0.2, -0.15) is 0 Å². The maximum absolute atomic E-state index is 15.6. The predicted molar refractivity (Wildman–Crippen MR) is 145 cm³/mol. The van der Waals surface area contributed by atoms with Crippen molar-refractivity contribution in [3.8, 4) is 11.5 Å². The molecular weight excluding hydrogens is 544 g/mol. The van der Waals surface area contributed by atoms with Crippen molar-refractivity contribution in [1.82, 2.24) is 0 Å². The summed E-state index contributed by atoms with van der Waals surface area (Å²) >= 11 is 0. The fraction of sp³-hybridized carbons (Fsp3) is 0.600. The third kappa shape index (κ3) is 6.98. The molecule has 0 unspecified atom stereocenters. The van der Waals surface area contributed by atoms with Gasteiger partial charge in [-0.05, 0) is 79.9 Å². The van der Waals surface area contributed by atoms with Gasteiger partial charge in [0.15, 0.2) is 22.9 Å². The standard InChI is InChI=1S/C30H36F4N2O5/c1-2-3-4-5-18-6-8-19(9-7-18)20-10-12-21(13-11-20)22-14-15-23(31)29(27(22)32)41-25-17-16-24(35(37)38)26(30(33)34)28(25)36(39)40/h14-21,30H,2-13H2,1H3. The quantitative estimate of drug-likeness (QED) is 0.114. The summed E-state index contributed by atoms with van der Waals surface area (Å²) in [7, 11) is 0. The Morgan fingerprint density at radius 2 is 1.51 bits per heavy atom. The maximum atomic E-state index is 15.6. The molecule has 0 bridgehead atoms. The molecule has 2 aromatic rings. The van der Waals surface area contributed by atoms with Crippen molar-refractivity contribution < 1.29 is 32.1 Å². The van der Waals surface area contributed by atoms with Crippen molar-refractivity contribution in [2.45, 2.75) is 96.3 Å². The lowest BCUT2D eigenvalue weighted by Gasteiger charge is -2.38. The van der Waals surface area contributed by atoms with Crippen LogP contribution in [0.3, 0.4) is 0 Å². The summed E-state index contributed by atoms with van der Waals surface area (Å²) in [5.41, 5.74) is -3.87. The molecule has 2 aliphatic carbocycles. The van der Waals surface area contributed by atoms with Gasteiger partial charge in [-0.15, -0.1) is 0 Å². The van der Waals surface area contributed by atoms with E-state index in [1.54, 1.807) is 0 Å². The number of hydrogen-bond acceptors (Lipinski definition) is 5. The average Bonchev–Trinajstić information content (AvgIpc) is 2.95. The van der Waals surface area contributed by atoms with Gasteiger partial charge in [0, 0.05) is 6.07 Å². The Bertz CT molecular complexity index is 1240. The number of benzene rings is 2. The first kappa shape index (κ1) is 30.7. The summed E-state index contributed by atoms with van der Waals surface area (Å²) in [4.78, 5) is 20.3. The first-order valence-corrected chi connectivity index (χ1v) is 14.5. The minimum absolute atomic E-state index is 0.206. The van der Waals surface area contributed by atoms with Crippen LogP contribution in [0, 0.1) is 49.6 Å². The summed E-state index contributed by atoms with van der Waals surface area (Å²) in [6.07, 6.45) is 9.79. The van der Waals surface area contributed by atoms with Gasteiger partial charge >= 0.3 is 5.69 Å². The van der Waals surface area contributed by atoms with Gasteiger partial charge in [-0.1, -0.05) is 51.5 Å². The topological polar surface area (TPSA) is 95.5 Å². The highest BCUT2D eigenvalue weighted by atomic mass is 19.3. The number of nitro benzene ring substituents is 2. The van der Waals surface area contributed by atoms with Crippen molar-refractivity contribution in [2.24, 2.45) is 17.8 Å². The Labute approximate surface area is 236 Å². The second kappa shape index (κ2) is 13.6. The molecule has 0 amide bonds. The lowest BCUT2D eigenvalue weighted by molar-refractivity contribution is -0.397. The monoisotopic (exact) mass is 580 g/mol. The minimum Gasteiger partial charge on any atom is -0.444 e. The molecule has 2 aliphatic rings. The lowest BCUT2D eigenvalue weighted by atomic mass is 9.68. The molecule has 0 radical (unpaired) electrons. The summed E-state index contributed by atoms with van der Waals surface area (Å²) in [5.74, 6) is -2.22. The van der Waals surface area contributed by atoms with Crippen LogP contribution in [0.2, 0.25) is 0 Å². The van der Waals surface area contributed by atoms with E-state index in [0.29, 0.717) is 36.8 Å². The fourth-order valence-electron chi connectivity index (χ4n) is 6.82. The molecule has 0 heterocycles. The molecule has 0 spiro atoms. The molecule has 4 rings (SSSR count). The molecule has 7 nitrogen and oxygen atoms in total. The van der Waals surface area contributed by atoms with Crippen LogP contribution < -0.4 is 4.74 Å². The molecule has 0 aliphatic heterocycles. The third-order valence-corrected chi connectivity index (χ3v) is 9.03. The van der Waals surface area contributed by atoms with Crippen LogP contribution in [0.25, 0.3) is 0 Å². The average molecular weight is 581 g/mol. The molecule has 0 N–H and O–H groups in total. The van der Waals surface area contributed by atoms with Gasteiger partial charge in [0.1, 0.15) is 0 Å². The number of rotatable bonds is 11. The highest BCUT2D eigenvalue weighted by molar-refractivity contribution is 5.63. The van der Waals surface area contributed by atoms with E-state index in [2.05, 4.69) is 6.92 Å². The Morgan fingerprint density at radius 3 is 2.07 bits per heavy atom. The van der Waals surface area contributed by atoms with Crippen molar-refractivity contribution in [3.05, 3.63) is 67.3 Å². The lowest BCUT2D eigenvalue weighted by Crippen LogP contribution is -2.25. The largest absolute Gasteiger partial charge is 0.444 e. The molecule has 0 aromatic heterocycles.